The minimum atomic E-state index is -0.482. The lowest BCUT2D eigenvalue weighted by molar-refractivity contribution is 0.0599. The number of halogens is 1. The van der Waals surface area contributed by atoms with Crippen molar-refractivity contribution < 1.29 is 13.9 Å². The molecule has 0 spiro atoms. The van der Waals surface area contributed by atoms with E-state index in [0.29, 0.717) is 30.5 Å². The summed E-state index contributed by atoms with van der Waals surface area (Å²) in [6.07, 6.45) is 5.88. The SMILES string of the molecule is CCC1Cc2c(F)cc(C(=O)OC)cc2CN1CC1CC=NCC1. The van der Waals surface area contributed by atoms with Crippen LogP contribution in [-0.2, 0) is 17.7 Å². The van der Waals surface area contributed by atoms with Crippen molar-refractivity contribution in [2.75, 3.05) is 20.2 Å². The predicted molar refractivity (Wildman–Crippen MR) is 92.0 cm³/mol. The maximum Gasteiger partial charge on any atom is 0.337 e. The molecule has 4 nitrogen and oxygen atoms in total. The lowest BCUT2D eigenvalue weighted by atomic mass is 9.89. The highest BCUT2D eigenvalue weighted by molar-refractivity contribution is 5.89. The maximum atomic E-state index is 14.5. The van der Waals surface area contributed by atoms with Crippen LogP contribution >= 0.6 is 0 Å². The molecule has 0 bridgehead atoms. The highest BCUT2D eigenvalue weighted by Gasteiger charge is 2.29. The number of hydrogen-bond donors (Lipinski definition) is 0. The summed E-state index contributed by atoms with van der Waals surface area (Å²) >= 11 is 0. The van der Waals surface area contributed by atoms with E-state index < -0.39 is 5.97 Å². The Hall–Kier alpha value is -1.75. The van der Waals surface area contributed by atoms with E-state index in [0.717, 1.165) is 43.5 Å². The fraction of sp³-hybridized carbons (Fsp3) is 0.579. The van der Waals surface area contributed by atoms with Gasteiger partial charge in [0.05, 0.1) is 12.7 Å². The lowest BCUT2D eigenvalue weighted by Crippen LogP contribution is -2.43. The summed E-state index contributed by atoms with van der Waals surface area (Å²) in [5.41, 5.74) is 1.98. The van der Waals surface area contributed by atoms with Gasteiger partial charge in [0, 0.05) is 25.7 Å². The Labute approximate surface area is 142 Å². The van der Waals surface area contributed by atoms with Gasteiger partial charge in [0.1, 0.15) is 5.82 Å². The van der Waals surface area contributed by atoms with Gasteiger partial charge in [-0.25, -0.2) is 9.18 Å². The Morgan fingerprint density at radius 1 is 1.46 bits per heavy atom. The highest BCUT2D eigenvalue weighted by Crippen LogP contribution is 2.30. The Bertz CT molecular complexity index is 644. The van der Waals surface area contributed by atoms with Crippen LogP contribution in [0.15, 0.2) is 17.1 Å². The van der Waals surface area contributed by atoms with Gasteiger partial charge < -0.3 is 4.74 Å². The van der Waals surface area contributed by atoms with Gasteiger partial charge in [-0.3, -0.25) is 9.89 Å². The van der Waals surface area contributed by atoms with Crippen LogP contribution in [0.4, 0.5) is 4.39 Å². The van der Waals surface area contributed by atoms with E-state index in [4.69, 9.17) is 4.74 Å². The molecule has 0 aromatic heterocycles. The number of rotatable bonds is 4. The monoisotopic (exact) mass is 332 g/mol. The number of carbonyl (C=O) groups excluding carboxylic acids is 1. The number of ether oxygens (including phenoxy) is 1. The standard InChI is InChI=1S/C19H25FN2O2/c1-3-16-10-17-15(8-14(9-18(17)20)19(23)24-2)12-22(16)11-13-4-6-21-7-5-13/h6,8-9,13,16H,3-5,7,10-12H2,1-2H3. The molecule has 3 rings (SSSR count). The zero-order chi connectivity index (χ0) is 17.1. The maximum absolute atomic E-state index is 14.5. The van der Waals surface area contributed by atoms with E-state index in [1.54, 1.807) is 6.07 Å². The third-order valence-corrected chi connectivity index (χ3v) is 5.24. The van der Waals surface area contributed by atoms with E-state index in [9.17, 15) is 9.18 Å². The molecule has 0 amide bonds. The average Bonchev–Trinajstić information content (AvgIpc) is 2.61. The lowest BCUT2D eigenvalue weighted by Gasteiger charge is -2.39. The van der Waals surface area contributed by atoms with E-state index in [1.165, 1.54) is 13.2 Å². The number of aliphatic imine (C=N–C) groups is 1. The summed E-state index contributed by atoms with van der Waals surface area (Å²) in [5.74, 6) is -0.146. The second kappa shape index (κ2) is 7.43. The fourth-order valence-corrected chi connectivity index (χ4v) is 3.81. The van der Waals surface area contributed by atoms with Crippen molar-refractivity contribution in [3.05, 3.63) is 34.6 Å². The van der Waals surface area contributed by atoms with Crippen molar-refractivity contribution in [1.29, 1.82) is 0 Å². The molecule has 24 heavy (non-hydrogen) atoms. The molecule has 130 valence electrons. The van der Waals surface area contributed by atoms with E-state index in [-0.39, 0.29) is 5.82 Å². The fourth-order valence-electron chi connectivity index (χ4n) is 3.81. The molecule has 0 radical (unpaired) electrons. The number of esters is 1. The smallest absolute Gasteiger partial charge is 0.337 e. The van der Waals surface area contributed by atoms with Crippen molar-refractivity contribution in [3.8, 4) is 0 Å². The van der Waals surface area contributed by atoms with Gasteiger partial charge in [0.25, 0.3) is 0 Å². The molecule has 2 aliphatic heterocycles. The van der Waals surface area contributed by atoms with Crippen LogP contribution in [-0.4, -0.2) is 43.3 Å². The molecule has 1 aromatic carbocycles. The Morgan fingerprint density at radius 2 is 2.29 bits per heavy atom. The molecule has 0 fully saturated rings. The highest BCUT2D eigenvalue weighted by atomic mass is 19.1. The third kappa shape index (κ3) is 3.51. The summed E-state index contributed by atoms with van der Waals surface area (Å²) in [6, 6.07) is 3.46. The second-order valence-electron chi connectivity index (χ2n) is 6.76. The molecule has 0 saturated heterocycles. The van der Waals surface area contributed by atoms with Crippen molar-refractivity contribution in [3.63, 3.8) is 0 Å². The molecular formula is C19H25FN2O2. The van der Waals surface area contributed by atoms with E-state index in [1.807, 2.05) is 6.21 Å². The molecule has 2 atom stereocenters. The van der Waals surface area contributed by atoms with Crippen LogP contribution in [0.5, 0.6) is 0 Å². The first-order valence-electron chi connectivity index (χ1n) is 8.74. The molecule has 0 aliphatic carbocycles. The molecule has 0 saturated carbocycles. The summed E-state index contributed by atoms with van der Waals surface area (Å²) in [6.45, 7) is 4.77. The van der Waals surface area contributed by atoms with Crippen molar-refractivity contribution in [2.45, 2.75) is 45.2 Å². The Kier molecular flexibility index (Phi) is 5.29. The zero-order valence-corrected chi connectivity index (χ0v) is 14.4. The first-order valence-corrected chi connectivity index (χ1v) is 8.74. The Balaban J connectivity index is 1.83. The van der Waals surface area contributed by atoms with Crippen molar-refractivity contribution >= 4 is 12.2 Å². The number of benzene rings is 1. The van der Waals surface area contributed by atoms with Crippen LogP contribution in [0, 0.1) is 11.7 Å². The van der Waals surface area contributed by atoms with Crippen LogP contribution in [0.3, 0.4) is 0 Å². The Morgan fingerprint density at radius 3 is 2.96 bits per heavy atom. The minimum Gasteiger partial charge on any atom is -0.465 e. The summed E-state index contributed by atoms with van der Waals surface area (Å²) in [4.78, 5) is 18.5. The number of hydrogen-bond acceptors (Lipinski definition) is 4. The molecule has 2 heterocycles. The molecule has 2 unspecified atom stereocenters. The molecule has 1 aromatic rings. The second-order valence-corrected chi connectivity index (χ2v) is 6.76. The van der Waals surface area contributed by atoms with Gasteiger partial charge in [0.15, 0.2) is 0 Å². The first-order chi connectivity index (χ1) is 11.6. The molecule has 5 heteroatoms. The quantitative estimate of drug-likeness (QED) is 0.795. The molecule has 0 N–H and O–H groups in total. The van der Waals surface area contributed by atoms with Crippen LogP contribution in [0.1, 0.15) is 47.7 Å². The van der Waals surface area contributed by atoms with E-state index >= 15 is 0 Å². The van der Waals surface area contributed by atoms with E-state index in [2.05, 4.69) is 16.8 Å². The molecule has 2 aliphatic rings. The van der Waals surface area contributed by atoms with Crippen molar-refractivity contribution in [1.82, 2.24) is 4.90 Å². The normalized spacial score (nSPS) is 23.8. The van der Waals surface area contributed by atoms with Gasteiger partial charge in [-0.2, -0.15) is 0 Å². The third-order valence-electron chi connectivity index (χ3n) is 5.24. The van der Waals surface area contributed by atoms with Crippen LogP contribution in [0.2, 0.25) is 0 Å². The topological polar surface area (TPSA) is 41.9 Å². The summed E-state index contributed by atoms with van der Waals surface area (Å²) in [5, 5.41) is 0. The summed E-state index contributed by atoms with van der Waals surface area (Å²) < 4.78 is 19.2. The van der Waals surface area contributed by atoms with Gasteiger partial charge in [-0.15, -0.1) is 0 Å². The largest absolute Gasteiger partial charge is 0.465 e. The number of nitrogens with zero attached hydrogens (tertiary/aromatic N) is 2. The average molecular weight is 332 g/mol. The van der Waals surface area contributed by atoms with Crippen molar-refractivity contribution in [2.24, 2.45) is 10.9 Å². The van der Waals surface area contributed by atoms with Crippen LogP contribution in [0.25, 0.3) is 0 Å². The van der Waals surface area contributed by atoms with Gasteiger partial charge in [-0.1, -0.05) is 6.92 Å². The van der Waals surface area contributed by atoms with Crippen LogP contribution < -0.4 is 0 Å². The van der Waals surface area contributed by atoms with Gasteiger partial charge >= 0.3 is 5.97 Å². The number of methoxy groups -OCH3 is 1. The first kappa shape index (κ1) is 17.1. The number of carbonyl (C=O) groups is 1. The van der Waals surface area contributed by atoms with Gasteiger partial charge in [-0.05, 0) is 61.1 Å². The molecular weight excluding hydrogens is 307 g/mol. The number of fused-ring (bicyclic) bond motifs is 1. The van der Waals surface area contributed by atoms with Gasteiger partial charge in [0.2, 0.25) is 0 Å². The minimum absolute atomic E-state index is 0.282. The predicted octanol–water partition coefficient (Wildman–Crippen LogP) is 3.23. The zero-order valence-electron chi connectivity index (χ0n) is 14.4. The summed E-state index contributed by atoms with van der Waals surface area (Å²) in [7, 11) is 1.32.